The number of carbonyl (C=O) groups excluding carboxylic acids is 7. The van der Waals surface area contributed by atoms with Gasteiger partial charge in [0.15, 0.2) is 5.78 Å². The second-order valence-corrected chi connectivity index (χ2v) is 24.1. The number of aryl methyl sites for hydroxylation is 3. The van der Waals surface area contributed by atoms with E-state index in [1.165, 1.54) is 9.80 Å². The average Bonchev–Trinajstić information content (AvgIpc) is 1.64. The number of ketones is 1. The molecule has 8 rings (SSSR count). The first-order chi connectivity index (χ1) is 43.9. The number of fused-ring (bicyclic) bond motifs is 6. The van der Waals surface area contributed by atoms with Crippen molar-refractivity contribution in [1.82, 2.24) is 50.7 Å². The smallest absolute Gasteiger partial charge is 0.415 e. The predicted molar refractivity (Wildman–Crippen MR) is 342 cm³/mol. The van der Waals surface area contributed by atoms with Crippen LogP contribution in [0.2, 0.25) is 0 Å². The van der Waals surface area contributed by atoms with Crippen LogP contribution in [-0.2, 0) is 64.1 Å². The molecule has 2 aliphatic carbocycles. The molecule has 1 fully saturated rings. The quantitative estimate of drug-likeness (QED) is 0.0207. The Morgan fingerprint density at radius 2 is 1.51 bits per heavy atom. The van der Waals surface area contributed by atoms with E-state index in [-0.39, 0.29) is 76.7 Å². The third-order valence-electron chi connectivity index (χ3n) is 17.2. The van der Waals surface area contributed by atoms with E-state index in [1.54, 1.807) is 64.5 Å². The monoisotopic (exact) mass is 1260 g/mol. The topological polar surface area (TPSA) is 315 Å². The fraction of sp³-hybridized carbons (Fsp3) is 0.545. The number of amides is 7. The van der Waals surface area contributed by atoms with Crippen LogP contribution in [0.4, 0.5) is 24.9 Å². The molecule has 0 radical (unpaired) electrons. The number of hydrogen-bond acceptors (Lipinski definition) is 16. The van der Waals surface area contributed by atoms with Crippen molar-refractivity contribution in [2.24, 2.45) is 35.3 Å². The Labute approximate surface area is 530 Å². The number of Topliss-reactive ketones (excluding diaryl/α,β-unsaturated/α-hetero) is 1. The molecule has 25 heteroatoms. The van der Waals surface area contributed by atoms with Gasteiger partial charge in [-0.2, -0.15) is 0 Å². The van der Waals surface area contributed by atoms with Crippen LogP contribution in [0.3, 0.4) is 0 Å². The normalized spacial score (nSPS) is 15.8. The SMILES string of the molecule is CCCCCNC(=O)OC[C@@H]1[C@@H]2CCc3nnn(CCOCCOCCOCC(=O)N[C@H](C(=O)C[C@@H](CCCNC(N)=O)C(=O)Nc4ccc(COC(=O)N(C)CCN(C)C(=O)Oc5ccc6[nH]c7c(C)c8ccncc8c(C)c7c6c5)cc4)C(C)C)c3CC[C@@H]21. The van der Waals surface area contributed by atoms with Crippen LogP contribution in [0, 0.1) is 43.4 Å². The van der Waals surface area contributed by atoms with Crippen LogP contribution in [0.15, 0.2) is 60.9 Å². The lowest BCUT2D eigenvalue weighted by molar-refractivity contribution is -0.133. The molecule has 7 amide bonds. The number of urea groups is 1. The number of primary amides is 1. The third-order valence-corrected chi connectivity index (χ3v) is 17.2. The Morgan fingerprint density at radius 3 is 2.24 bits per heavy atom. The fourth-order valence-corrected chi connectivity index (χ4v) is 11.9. The number of ether oxygens (including phenoxy) is 6. The second kappa shape index (κ2) is 33.6. The standard InChI is InChI=1S/C66H90N12O13/c1-8-9-10-24-70-64(83)89-39-53-49-18-21-55-56(22-19-50(49)53)78(75-74-55)29-30-86-31-32-87-33-34-88-40-58(80)73-60(41(2)3)57(79)35-45(12-11-25-69-63(67)82)62(81)71-46-15-13-44(14-16-46)38-90-65(84)76(6)27-28-77(7)66(85)91-47-17-20-54-51(36-47)59-42(4)52-37-68-26-23-48(52)43(5)61(59)72-54/h13-17,20,23,26,36-37,41,45,49-50,53,60,72H,8-12,18-19,21-22,24-25,27-35,38-40H2,1-7H3,(H,70,83)(H,71,81)(H,73,80)(H3,67,69,82)/t45-,49-,50+,53-,60+/m1/s1. The number of hydrogen-bond donors (Lipinski definition) is 6. The Balaban J connectivity index is 0.700. The minimum atomic E-state index is -0.907. The summed E-state index contributed by atoms with van der Waals surface area (Å²) < 4.78 is 35.9. The summed E-state index contributed by atoms with van der Waals surface area (Å²) in [5.41, 5.74) is 12.6. The van der Waals surface area contributed by atoms with Crippen molar-refractivity contribution >= 4 is 80.2 Å². The maximum atomic E-state index is 13.9. The van der Waals surface area contributed by atoms with Gasteiger partial charge in [0.2, 0.25) is 11.8 Å². The molecule has 0 spiro atoms. The molecule has 0 aliphatic heterocycles. The van der Waals surface area contributed by atoms with Gasteiger partial charge in [0.05, 0.1) is 69.1 Å². The zero-order valence-corrected chi connectivity index (χ0v) is 53.6. The number of benzene rings is 3. The number of likely N-dealkylation sites (N-methyl/N-ethyl adjacent to an activating group) is 2. The van der Waals surface area contributed by atoms with Gasteiger partial charge < -0.3 is 70.2 Å². The minimum absolute atomic E-state index is 0.0720. The molecule has 25 nitrogen and oxygen atoms in total. The van der Waals surface area contributed by atoms with Gasteiger partial charge in [0, 0.05) is 92.4 Å². The van der Waals surface area contributed by atoms with Gasteiger partial charge in [-0.3, -0.25) is 19.4 Å². The molecule has 492 valence electrons. The van der Waals surface area contributed by atoms with Gasteiger partial charge in [-0.1, -0.05) is 51.0 Å². The average molecular weight is 1260 g/mol. The molecular weight excluding hydrogens is 1170 g/mol. The van der Waals surface area contributed by atoms with Crippen molar-refractivity contribution in [3.8, 4) is 5.75 Å². The molecule has 1 saturated carbocycles. The molecule has 3 heterocycles. The van der Waals surface area contributed by atoms with Crippen LogP contribution in [0.1, 0.15) is 100 Å². The van der Waals surface area contributed by atoms with Crippen LogP contribution < -0.4 is 31.7 Å². The predicted octanol–water partition coefficient (Wildman–Crippen LogP) is 8.29. The third kappa shape index (κ3) is 19.3. The number of aromatic amines is 1. The van der Waals surface area contributed by atoms with E-state index < -0.39 is 42.0 Å². The molecule has 3 aromatic heterocycles. The lowest BCUT2D eigenvalue weighted by Gasteiger charge is -2.24. The number of alkyl carbamates (subject to hydrolysis) is 1. The number of nitrogens with two attached hydrogens (primary N) is 1. The molecule has 0 unspecified atom stereocenters. The van der Waals surface area contributed by atoms with Crippen LogP contribution >= 0.6 is 0 Å². The number of carbonyl (C=O) groups is 7. The molecule has 0 saturated heterocycles. The van der Waals surface area contributed by atoms with Crippen molar-refractivity contribution in [3.63, 3.8) is 0 Å². The number of rotatable bonds is 34. The lowest BCUT2D eigenvalue weighted by atomic mass is 9.89. The van der Waals surface area contributed by atoms with Crippen LogP contribution in [0.5, 0.6) is 5.75 Å². The van der Waals surface area contributed by atoms with Crippen molar-refractivity contribution < 1.29 is 62.0 Å². The summed E-state index contributed by atoms with van der Waals surface area (Å²) in [5.74, 6) is -0.548. The van der Waals surface area contributed by atoms with Gasteiger partial charge >= 0.3 is 24.3 Å². The molecule has 0 bridgehead atoms. The Bertz CT molecular complexity index is 3460. The van der Waals surface area contributed by atoms with Crippen molar-refractivity contribution in [1.29, 1.82) is 0 Å². The van der Waals surface area contributed by atoms with Gasteiger partial charge in [-0.15, -0.1) is 5.10 Å². The van der Waals surface area contributed by atoms with E-state index in [1.807, 2.05) is 29.1 Å². The highest BCUT2D eigenvalue weighted by atomic mass is 16.6. The zero-order valence-electron chi connectivity index (χ0n) is 53.6. The van der Waals surface area contributed by atoms with E-state index in [2.05, 4.69) is 62.3 Å². The maximum absolute atomic E-state index is 13.9. The summed E-state index contributed by atoms with van der Waals surface area (Å²) in [6.07, 6.45) is 9.40. The first-order valence-corrected chi connectivity index (χ1v) is 31.8. The highest BCUT2D eigenvalue weighted by Gasteiger charge is 2.50. The van der Waals surface area contributed by atoms with Gasteiger partial charge in [0.25, 0.3) is 0 Å². The molecule has 91 heavy (non-hydrogen) atoms. The zero-order chi connectivity index (χ0) is 65.0. The summed E-state index contributed by atoms with van der Waals surface area (Å²) >= 11 is 0. The van der Waals surface area contributed by atoms with Crippen LogP contribution in [0.25, 0.3) is 32.6 Å². The summed E-state index contributed by atoms with van der Waals surface area (Å²) in [7, 11) is 3.15. The van der Waals surface area contributed by atoms with E-state index in [0.29, 0.717) is 80.7 Å². The second-order valence-electron chi connectivity index (χ2n) is 24.1. The highest BCUT2D eigenvalue weighted by Crippen LogP contribution is 2.53. The number of nitrogens with one attached hydrogen (secondary N) is 5. The molecule has 2 aliphatic rings. The van der Waals surface area contributed by atoms with E-state index >= 15 is 0 Å². The fourth-order valence-electron chi connectivity index (χ4n) is 11.9. The number of pyridine rings is 1. The van der Waals surface area contributed by atoms with E-state index in [9.17, 15) is 33.6 Å². The summed E-state index contributed by atoms with van der Waals surface area (Å²) in [6.45, 7) is 13.1. The highest BCUT2D eigenvalue weighted by molar-refractivity contribution is 6.16. The summed E-state index contributed by atoms with van der Waals surface area (Å²) in [5, 5.41) is 24.1. The maximum Gasteiger partial charge on any atom is 0.415 e. The van der Waals surface area contributed by atoms with Gasteiger partial charge in [-0.25, -0.2) is 23.9 Å². The minimum Gasteiger partial charge on any atom is -0.449 e. The largest absolute Gasteiger partial charge is 0.449 e. The van der Waals surface area contributed by atoms with Crippen molar-refractivity contribution in [2.75, 3.05) is 91.8 Å². The van der Waals surface area contributed by atoms with E-state index in [0.717, 1.165) is 100 Å². The molecule has 6 aromatic rings. The molecule has 7 N–H and O–H groups in total. The molecular formula is C66H90N12O13. The Hall–Kier alpha value is -8.42. The Kier molecular flexibility index (Phi) is 25.3. The number of H-pyrrole nitrogens is 1. The van der Waals surface area contributed by atoms with Crippen LogP contribution in [-0.4, -0.2) is 169 Å². The number of aromatic nitrogens is 5. The van der Waals surface area contributed by atoms with Crippen molar-refractivity contribution in [3.05, 3.63) is 89.0 Å². The van der Waals surface area contributed by atoms with Gasteiger partial charge in [-0.05, 0) is 141 Å². The van der Waals surface area contributed by atoms with Crippen molar-refractivity contribution in [2.45, 2.75) is 118 Å². The molecule has 5 atom stereocenters. The number of anilines is 1. The lowest BCUT2D eigenvalue weighted by Crippen LogP contribution is -2.47. The Morgan fingerprint density at radius 1 is 0.791 bits per heavy atom. The first-order valence-electron chi connectivity index (χ1n) is 31.8. The summed E-state index contributed by atoms with van der Waals surface area (Å²) in [4.78, 5) is 101. The first kappa shape index (κ1) is 68.5. The number of unbranched alkanes of at least 4 members (excludes halogenated alkanes) is 2. The number of nitrogens with zero attached hydrogens (tertiary/aromatic N) is 6. The van der Waals surface area contributed by atoms with E-state index in [4.69, 9.17) is 34.2 Å². The van der Waals surface area contributed by atoms with Gasteiger partial charge in [0.1, 0.15) is 19.0 Å². The summed E-state index contributed by atoms with van der Waals surface area (Å²) in [6, 6.07) is 12.6. The molecule has 3 aromatic carbocycles.